The summed E-state index contributed by atoms with van der Waals surface area (Å²) in [6, 6.07) is 7.76. The van der Waals surface area contributed by atoms with Crippen LogP contribution in [0, 0.1) is 0 Å². The molecule has 0 atom stereocenters. The van der Waals surface area contributed by atoms with Crippen molar-refractivity contribution in [2.75, 3.05) is 7.11 Å². The predicted octanol–water partition coefficient (Wildman–Crippen LogP) is 6.67. The van der Waals surface area contributed by atoms with Crippen molar-refractivity contribution in [3.8, 4) is 16.2 Å². The molecule has 0 unspecified atom stereocenters. The van der Waals surface area contributed by atoms with Crippen molar-refractivity contribution in [2.45, 2.75) is 29.4 Å². The van der Waals surface area contributed by atoms with Crippen molar-refractivity contribution in [3.63, 3.8) is 0 Å². The zero-order valence-corrected chi connectivity index (χ0v) is 20.9. The van der Waals surface area contributed by atoms with Crippen molar-refractivity contribution >= 4 is 38.2 Å². The number of thiophene rings is 1. The number of hydrogen-bond acceptors (Lipinski definition) is 5. The Kier molecular flexibility index (Phi) is 6.99. The summed E-state index contributed by atoms with van der Waals surface area (Å²) in [7, 11) is -2.96. The first-order valence-electron chi connectivity index (χ1n) is 10.7. The highest BCUT2D eigenvalue weighted by Gasteiger charge is 2.37. The molecule has 14 heteroatoms. The lowest BCUT2D eigenvalue weighted by Gasteiger charge is -2.13. The van der Waals surface area contributed by atoms with Gasteiger partial charge in [0.05, 0.1) is 23.8 Å². The molecule has 2 aromatic carbocycles. The molecule has 0 saturated carbocycles. The van der Waals surface area contributed by atoms with Gasteiger partial charge < -0.3 is 9.84 Å². The molecule has 38 heavy (non-hydrogen) atoms. The number of aliphatic carboxylic acids is 1. The molecule has 0 radical (unpaired) electrons. The fourth-order valence-electron chi connectivity index (χ4n) is 3.82. The van der Waals surface area contributed by atoms with Crippen LogP contribution >= 0.6 is 11.3 Å². The third-order valence-corrected chi connectivity index (χ3v) is 8.91. The molecule has 202 valence electrons. The Balaban J connectivity index is 1.82. The highest BCUT2D eigenvalue weighted by atomic mass is 32.2. The zero-order valence-electron chi connectivity index (χ0n) is 19.2. The molecule has 0 bridgehead atoms. The van der Waals surface area contributed by atoms with Gasteiger partial charge in [-0.1, -0.05) is 0 Å². The largest absolute Gasteiger partial charge is 0.497 e. The maximum Gasteiger partial charge on any atom is 0.416 e. The number of benzene rings is 2. The summed E-state index contributed by atoms with van der Waals surface area (Å²) >= 11 is 0.508. The van der Waals surface area contributed by atoms with E-state index in [1.165, 1.54) is 25.4 Å². The van der Waals surface area contributed by atoms with E-state index in [1.807, 2.05) is 0 Å². The lowest BCUT2D eigenvalue weighted by molar-refractivity contribution is -0.143. The fraction of sp³-hybridized carbons (Fsp3) is 0.208. The first-order chi connectivity index (χ1) is 17.6. The summed E-state index contributed by atoms with van der Waals surface area (Å²) in [5, 5.41) is 9.47. The van der Waals surface area contributed by atoms with Crippen molar-refractivity contribution in [1.29, 1.82) is 0 Å². The van der Waals surface area contributed by atoms with Crippen LogP contribution in [-0.2, 0) is 33.6 Å². The molecule has 0 saturated heterocycles. The van der Waals surface area contributed by atoms with Crippen LogP contribution in [0.2, 0.25) is 0 Å². The maximum atomic E-state index is 13.5. The molecule has 1 N–H and O–H groups in total. The number of rotatable bonds is 7. The Morgan fingerprint density at radius 2 is 1.61 bits per heavy atom. The Hall–Kier alpha value is -3.52. The van der Waals surface area contributed by atoms with Gasteiger partial charge in [0.15, 0.2) is 0 Å². The van der Waals surface area contributed by atoms with Crippen molar-refractivity contribution in [2.24, 2.45) is 0 Å². The van der Waals surface area contributed by atoms with E-state index in [-0.39, 0.29) is 33.5 Å². The second-order valence-corrected chi connectivity index (χ2v) is 11.3. The van der Waals surface area contributed by atoms with E-state index in [4.69, 9.17) is 9.84 Å². The Morgan fingerprint density at radius 3 is 2.16 bits per heavy atom. The van der Waals surface area contributed by atoms with Gasteiger partial charge in [-0.3, -0.25) is 4.79 Å². The van der Waals surface area contributed by atoms with E-state index in [1.54, 1.807) is 6.07 Å². The molecule has 4 rings (SSSR count). The summed E-state index contributed by atoms with van der Waals surface area (Å²) in [5.41, 5.74) is -2.89. The molecular weight excluding hydrogens is 560 g/mol. The van der Waals surface area contributed by atoms with Crippen molar-refractivity contribution < 1.29 is 49.4 Å². The first kappa shape index (κ1) is 27.5. The molecule has 4 aromatic rings. The summed E-state index contributed by atoms with van der Waals surface area (Å²) < 4.78 is 112. The van der Waals surface area contributed by atoms with Gasteiger partial charge >= 0.3 is 18.3 Å². The monoisotopic (exact) mass is 577 g/mol. The van der Waals surface area contributed by atoms with Gasteiger partial charge in [0.2, 0.25) is 0 Å². The second-order valence-electron chi connectivity index (χ2n) is 8.15. The number of methoxy groups -OCH3 is 1. The molecule has 2 aromatic heterocycles. The van der Waals surface area contributed by atoms with E-state index in [0.29, 0.717) is 40.2 Å². The number of nitrogens with zero attached hydrogens (tertiary/aromatic N) is 1. The van der Waals surface area contributed by atoms with Crippen LogP contribution in [0.1, 0.15) is 23.1 Å². The lowest BCUT2D eigenvalue weighted by Crippen LogP contribution is -2.11. The van der Waals surface area contributed by atoms with Crippen LogP contribution in [0.3, 0.4) is 0 Å². The lowest BCUT2D eigenvalue weighted by atomic mass is 10.0. The highest BCUT2D eigenvalue weighted by molar-refractivity contribution is 7.92. The maximum absolute atomic E-state index is 13.5. The quantitative estimate of drug-likeness (QED) is 0.248. The predicted molar refractivity (Wildman–Crippen MR) is 127 cm³/mol. The molecule has 0 aliphatic carbocycles. The standard InChI is InChI=1S/C24H17F6NO5S2/c1-36-17-3-4-19-18(11-17)13(2-6-21(32)33)12-31(19)38(34,35)22-7-5-20(37-22)14-8-15(23(25,26)27)10-16(9-14)24(28,29)30/h3-5,7-12H,2,6H2,1H3,(H,32,33). The van der Waals surface area contributed by atoms with Crippen LogP contribution in [-0.4, -0.2) is 30.6 Å². The van der Waals surface area contributed by atoms with Gasteiger partial charge in [-0.25, -0.2) is 3.97 Å². The number of alkyl halides is 6. The number of hydrogen-bond donors (Lipinski definition) is 1. The van der Waals surface area contributed by atoms with Crippen LogP contribution in [0.15, 0.2) is 58.9 Å². The van der Waals surface area contributed by atoms with Gasteiger partial charge in [-0.2, -0.15) is 34.8 Å². The Morgan fingerprint density at radius 1 is 0.974 bits per heavy atom. The normalized spacial score (nSPS) is 12.7. The molecule has 0 amide bonds. The molecule has 6 nitrogen and oxygen atoms in total. The second kappa shape index (κ2) is 9.66. The van der Waals surface area contributed by atoms with E-state index >= 15 is 0 Å². The number of carboxylic acid groups (broad SMARTS) is 1. The van der Waals surface area contributed by atoms with Gasteiger partial charge in [0.1, 0.15) is 9.96 Å². The zero-order chi connectivity index (χ0) is 28.0. The summed E-state index contributed by atoms with van der Waals surface area (Å²) in [6.07, 6.45) is -9.15. The average molecular weight is 578 g/mol. The number of aromatic nitrogens is 1. The van der Waals surface area contributed by atoms with Crippen LogP contribution < -0.4 is 4.74 Å². The minimum atomic E-state index is -5.06. The van der Waals surface area contributed by atoms with Gasteiger partial charge in [0.25, 0.3) is 10.0 Å². The number of ether oxygens (including phenoxy) is 1. The first-order valence-corrected chi connectivity index (χ1v) is 12.9. The fourth-order valence-corrected chi connectivity index (χ4v) is 6.59. The molecule has 0 aliphatic heterocycles. The number of fused-ring (bicyclic) bond motifs is 1. The van der Waals surface area contributed by atoms with E-state index in [9.17, 15) is 39.6 Å². The average Bonchev–Trinajstić information content (AvgIpc) is 3.47. The minimum absolute atomic E-state index is 0.00165. The third kappa shape index (κ3) is 5.36. The molecule has 2 heterocycles. The van der Waals surface area contributed by atoms with Crippen molar-refractivity contribution in [3.05, 3.63) is 71.4 Å². The smallest absolute Gasteiger partial charge is 0.416 e. The Labute approximate surface area is 215 Å². The topological polar surface area (TPSA) is 85.6 Å². The van der Waals surface area contributed by atoms with Crippen LogP contribution in [0.4, 0.5) is 26.3 Å². The van der Waals surface area contributed by atoms with E-state index in [0.717, 1.165) is 16.1 Å². The summed E-state index contributed by atoms with van der Waals surface area (Å²) in [4.78, 5) is 11.0. The van der Waals surface area contributed by atoms with E-state index in [2.05, 4.69) is 0 Å². The minimum Gasteiger partial charge on any atom is -0.497 e. The summed E-state index contributed by atoms with van der Waals surface area (Å²) in [5.74, 6) is -0.702. The van der Waals surface area contributed by atoms with E-state index < -0.39 is 45.0 Å². The van der Waals surface area contributed by atoms with Crippen LogP contribution in [0.25, 0.3) is 21.3 Å². The van der Waals surface area contributed by atoms with Crippen molar-refractivity contribution in [1.82, 2.24) is 3.97 Å². The molecule has 0 fully saturated rings. The van der Waals surface area contributed by atoms with Crippen LogP contribution in [0.5, 0.6) is 5.75 Å². The molecular formula is C24H17F6NO5S2. The Bertz CT molecular complexity index is 1600. The summed E-state index contributed by atoms with van der Waals surface area (Å²) in [6.45, 7) is 0. The molecule has 0 spiro atoms. The number of halogens is 6. The highest BCUT2D eigenvalue weighted by Crippen LogP contribution is 2.41. The third-order valence-electron chi connectivity index (χ3n) is 5.64. The SMILES string of the molecule is COc1ccc2c(c1)c(CCC(=O)O)cn2S(=O)(=O)c1ccc(-c2cc(C(F)(F)F)cc(C(F)(F)F)c2)s1. The molecule has 0 aliphatic rings. The van der Waals surface area contributed by atoms with Gasteiger partial charge in [-0.05, 0) is 66.1 Å². The number of carbonyl (C=O) groups is 1. The number of carboxylic acids is 1. The number of aryl methyl sites for hydroxylation is 1. The van der Waals surface area contributed by atoms with Gasteiger partial charge in [-0.15, -0.1) is 11.3 Å². The van der Waals surface area contributed by atoms with Gasteiger partial charge in [0, 0.05) is 22.9 Å².